The van der Waals surface area contributed by atoms with Crippen LogP contribution in [-0.4, -0.2) is 42.6 Å². The van der Waals surface area contributed by atoms with Crippen LogP contribution in [0.15, 0.2) is 42.5 Å². The summed E-state index contributed by atoms with van der Waals surface area (Å²) < 4.78 is 2.51. The zero-order chi connectivity index (χ0) is 25.0. The fraction of sp³-hybridized carbons (Fsp3) is 0.500. The van der Waals surface area contributed by atoms with E-state index in [2.05, 4.69) is 86.7 Å². The molecule has 3 rings (SSSR count). The molecule has 0 unspecified atom stereocenters. The fourth-order valence-corrected chi connectivity index (χ4v) is 4.68. The molecule has 1 heterocycles. The summed E-state index contributed by atoms with van der Waals surface area (Å²) in [6.45, 7) is 16.1. The van der Waals surface area contributed by atoms with Crippen molar-refractivity contribution in [3.05, 3.63) is 70.4 Å². The largest absolute Gasteiger partial charge is 0.351 e. The highest BCUT2D eigenvalue weighted by Gasteiger charge is 2.21. The molecule has 0 saturated heterocycles. The Kier molecular flexibility index (Phi) is 8.59. The minimum atomic E-state index is -0.0105. The zero-order valence-corrected chi connectivity index (χ0v) is 22.4. The number of benzene rings is 2. The molecule has 0 fully saturated rings. The van der Waals surface area contributed by atoms with Gasteiger partial charge in [0.2, 0.25) is 0 Å². The van der Waals surface area contributed by atoms with Crippen molar-refractivity contribution < 1.29 is 4.79 Å². The molecule has 0 aliphatic heterocycles. The highest BCUT2D eigenvalue weighted by Crippen LogP contribution is 2.36. The summed E-state index contributed by atoms with van der Waals surface area (Å²) in [5.41, 5.74) is 7.58. The van der Waals surface area contributed by atoms with Gasteiger partial charge >= 0.3 is 0 Å². The lowest BCUT2D eigenvalue weighted by atomic mass is 9.93. The van der Waals surface area contributed by atoms with Crippen LogP contribution in [0.25, 0.3) is 10.9 Å². The lowest BCUT2D eigenvalue weighted by molar-refractivity contribution is 0.0951. The summed E-state index contributed by atoms with van der Waals surface area (Å²) in [5, 5.41) is 4.40. The number of carbonyl (C=O) groups excluding carboxylic acids is 1. The molecule has 0 spiro atoms. The summed E-state index contributed by atoms with van der Waals surface area (Å²) in [4.78, 5) is 14.5. The van der Waals surface area contributed by atoms with Crippen molar-refractivity contribution in [2.45, 2.75) is 66.3 Å². The molecular weight excluding hydrogens is 418 g/mol. The molecule has 0 aliphatic carbocycles. The molecule has 4 nitrogen and oxygen atoms in total. The van der Waals surface area contributed by atoms with E-state index in [1.165, 1.54) is 33.3 Å². The number of rotatable bonds is 10. The number of fused-ring (bicyclic) bond motifs is 1. The number of aromatic nitrogens is 1. The van der Waals surface area contributed by atoms with E-state index in [0.717, 1.165) is 19.5 Å². The third-order valence-electron chi connectivity index (χ3n) is 6.49. The summed E-state index contributed by atoms with van der Waals surface area (Å²) in [6, 6.07) is 15.1. The third kappa shape index (κ3) is 6.09. The number of nitrogens with one attached hydrogen (secondary N) is 1. The van der Waals surface area contributed by atoms with Gasteiger partial charge in [-0.3, -0.25) is 4.79 Å². The van der Waals surface area contributed by atoms with E-state index < -0.39 is 0 Å². The van der Waals surface area contributed by atoms with E-state index >= 15 is 0 Å². The Morgan fingerprint density at radius 2 is 1.62 bits per heavy atom. The molecule has 0 radical (unpaired) electrons. The van der Waals surface area contributed by atoms with Gasteiger partial charge in [0.1, 0.15) is 0 Å². The molecule has 1 N–H and O–H groups in total. The van der Waals surface area contributed by atoms with Crippen LogP contribution in [0.1, 0.15) is 86.1 Å². The van der Waals surface area contributed by atoms with Gasteiger partial charge in [-0.1, -0.05) is 59.7 Å². The molecule has 0 atom stereocenters. The molecule has 1 aromatic heterocycles. The van der Waals surface area contributed by atoms with Gasteiger partial charge in [-0.25, -0.2) is 0 Å². The second kappa shape index (κ2) is 11.2. The van der Waals surface area contributed by atoms with Crippen molar-refractivity contribution in [2.75, 3.05) is 27.2 Å². The molecule has 4 heteroatoms. The second-order valence-corrected chi connectivity index (χ2v) is 10.9. The minimum absolute atomic E-state index is 0.0105. The topological polar surface area (TPSA) is 37.3 Å². The Morgan fingerprint density at radius 3 is 2.18 bits per heavy atom. The van der Waals surface area contributed by atoms with Crippen LogP contribution in [0.2, 0.25) is 0 Å². The van der Waals surface area contributed by atoms with Crippen LogP contribution in [0.5, 0.6) is 0 Å². The zero-order valence-electron chi connectivity index (χ0n) is 22.4. The fourth-order valence-electron chi connectivity index (χ4n) is 4.68. The van der Waals surface area contributed by atoms with Gasteiger partial charge < -0.3 is 14.8 Å². The van der Waals surface area contributed by atoms with Crippen LogP contribution in [0, 0.1) is 5.92 Å². The maximum Gasteiger partial charge on any atom is 0.251 e. The van der Waals surface area contributed by atoms with Crippen molar-refractivity contribution in [3.63, 3.8) is 0 Å². The Hall–Kier alpha value is -2.59. The van der Waals surface area contributed by atoms with E-state index in [-0.39, 0.29) is 5.91 Å². The highest BCUT2D eigenvalue weighted by atomic mass is 16.1. The number of hydrogen-bond donors (Lipinski definition) is 1. The van der Waals surface area contributed by atoms with Gasteiger partial charge in [0.15, 0.2) is 0 Å². The first kappa shape index (κ1) is 26.0. The molecule has 1 amide bonds. The van der Waals surface area contributed by atoms with Crippen molar-refractivity contribution in [3.8, 4) is 0 Å². The van der Waals surface area contributed by atoms with Gasteiger partial charge in [0.05, 0.1) is 0 Å². The lowest BCUT2D eigenvalue weighted by Crippen LogP contribution is -2.31. The van der Waals surface area contributed by atoms with Crippen LogP contribution < -0.4 is 5.32 Å². The monoisotopic (exact) mass is 461 g/mol. The average molecular weight is 462 g/mol. The Labute approximate surface area is 206 Å². The standard InChI is InChI=1S/C30H43N3O/c1-20(2)17-28-29(22(5)6)26-18-25(21(3)4)13-14-27(26)33(28)19-23-9-11-24(12-10-23)30(34)31-15-16-32(7)8/h9-14,18,20-22H,15-17,19H2,1-8H3,(H,31,34). The molecule has 0 aliphatic rings. The number of carbonyl (C=O) groups is 1. The maximum absolute atomic E-state index is 12.5. The van der Waals surface area contributed by atoms with Crippen molar-refractivity contribution in [2.24, 2.45) is 5.92 Å². The minimum Gasteiger partial charge on any atom is -0.351 e. The number of likely N-dealkylation sites (N-methyl/N-ethyl adjacent to an activating group) is 1. The SMILES string of the molecule is CC(C)Cc1c(C(C)C)c2cc(C(C)C)ccc2n1Cc1ccc(C(=O)NCCN(C)C)cc1. The van der Waals surface area contributed by atoms with Crippen molar-refractivity contribution >= 4 is 16.8 Å². The Balaban J connectivity index is 1.96. The van der Waals surface area contributed by atoms with E-state index in [1.807, 2.05) is 26.2 Å². The summed E-state index contributed by atoms with van der Waals surface area (Å²) >= 11 is 0. The Bertz CT molecular complexity index is 1100. The van der Waals surface area contributed by atoms with E-state index in [9.17, 15) is 4.79 Å². The summed E-state index contributed by atoms with van der Waals surface area (Å²) in [5.74, 6) is 1.55. The summed E-state index contributed by atoms with van der Waals surface area (Å²) in [6.07, 6.45) is 1.06. The van der Waals surface area contributed by atoms with Crippen LogP contribution >= 0.6 is 0 Å². The Morgan fingerprint density at radius 1 is 0.941 bits per heavy atom. The smallest absolute Gasteiger partial charge is 0.251 e. The summed E-state index contributed by atoms with van der Waals surface area (Å²) in [7, 11) is 4.02. The molecule has 0 bridgehead atoms. The first-order chi connectivity index (χ1) is 16.1. The lowest BCUT2D eigenvalue weighted by Gasteiger charge is -2.16. The molecular formula is C30H43N3O. The van der Waals surface area contributed by atoms with Gasteiger partial charge in [0, 0.05) is 41.8 Å². The van der Waals surface area contributed by atoms with Gasteiger partial charge in [-0.15, -0.1) is 0 Å². The van der Waals surface area contributed by atoms with E-state index in [4.69, 9.17) is 0 Å². The van der Waals surface area contributed by atoms with Crippen molar-refractivity contribution in [1.82, 2.24) is 14.8 Å². The van der Waals surface area contributed by atoms with E-state index in [1.54, 1.807) is 0 Å². The number of hydrogen-bond acceptors (Lipinski definition) is 2. The van der Waals surface area contributed by atoms with Crippen LogP contribution in [0.4, 0.5) is 0 Å². The molecule has 34 heavy (non-hydrogen) atoms. The van der Waals surface area contributed by atoms with Crippen LogP contribution in [0.3, 0.4) is 0 Å². The molecule has 0 saturated carbocycles. The maximum atomic E-state index is 12.5. The second-order valence-electron chi connectivity index (χ2n) is 10.9. The van der Waals surface area contributed by atoms with Gasteiger partial charge in [-0.2, -0.15) is 0 Å². The highest BCUT2D eigenvalue weighted by molar-refractivity contribution is 5.94. The molecule has 3 aromatic rings. The normalized spacial score (nSPS) is 12.0. The number of nitrogens with zero attached hydrogens (tertiary/aromatic N) is 2. The quantitative estimate of drug-likeness (QED) is 0.378. The van der Waals surface area contributed by atoms with Gasteiger partial charge in [0.25, 0.3) is 5.91 Å². The van der Waals surface area contributed by atoms with Crippen molar-refractivity contribution in [1.29, 1.82) is 0 Å². The third-order valence-corrected chi connectivity index (χ3v) is 6.49. The molecule has 2 aromatic carbocycles. The predicted octanol–water partition coefficient (Wildman–Crippen LogP) is 6.43. The predicted molar refractivity (Wildman–Crippen MR) is 145 cm³/mol. The number of amides is 1. The average Bonchev–Trinajstić information content (AvgIpc) is 3.05. The molecule has 184 valence electrons. The van der Waals surface area contributed by atoms with Crippen LogP contribution in [-0.2, 0) is 13.0 Å². The van der Waals surface area contributed by atoms with E-state index in [0.29, 0.717) is 29.9 Å². The first-order valence-corrected chi connectivity index (χ1v) is 12.7. The van der Waals surface area contributed by atoms with Gasteiger partial charge in [-0.05, 0) is 79.2 Å². The first-order valence-electron chi connectivity index (χ1n) is 12.7.